The summed E-state index contributed by atoms with van der Waals surface area (Å²) in [6.45, 7) is 4.49. The van der Waals surface area contributed by atoms with Crippen molar-refractivity contribution in [3.05, 3.63) is 40.6 Å². The lowest BCUT2D eigenvalue weighted by atomic mass is 10.2. The van der Waals surface area contributed by atoms with Crippen LogP contribution >= 0.6 is 22.9 Å². The largest absolute Gasteiger partial charge is 0.367 e. The van der Waals surface area contributed by atoms with E-state index >= 15 is 0 Å². The number of rotatable bonds is 3. The van der Waals surface area contributed by atoms with Gasteiger partial charge in [-0.3, -0.25) is 4.79 Å². The lowest BCUT2D eigenvalue weighted by Gasteiger charge is -2.21. The number of likely N-dealkylation sites (N-methyl/N-ethyl adjacent to an activating group) is 1. The summed E-state index contributed by atoms with van der Waals surface area (Å²) in [6.07, 6.45) is 3.49. The molecule has 0 aromatic carbocycles. The second-order valence-corrected chi connectivity index (χ2v) is 6.76. The molecule has 2 aromatic rings. The Bertz CT molecular complexity index is 712. The fraction of sp³-hybridized carbons (Fsp3) is 0.333. The molecule has 6 heteroatoms. The van der Waals surface area contributed by atoms with E-state index in [0.717, 1.165) is 33.5 Å². The van der Waals surface area contributed by atoms with Crippen LogP contribution in [0.1, 0.15) is 17.7 Å². The van der Waals surface area contributed by atoms with Crippen LogP contribution in [0.15, 0.2) is 30.6 Å². The minimum absolute atomic E-state index is 0.0600. The summed E-state index contributed by atoms with van der Waals surface area (Å²) in [7, 11) is 1.92. The molecule has 1 amide bonds. The van der Waals surface area contributed by atoms with Crippen molar-refractivity contribution in [3.63, 3.8) is 0 Å². The normalized spacial score (nSPS) is 18.5. The lowest BCUT2D eigenvalue weighted by Crippen LogP contribution is -2.40. The van der Waals surface area contributed by atoms with Gasteiger partial charge in [0.15, 0.2) is 0 Å². The van der Waals surface area contributed by atoms with Crippen molar-refractivity contribution in [2.45, 2.75) is 25.4 Å². The van der Waals surface area contributed by atoms with Crippen molar-refractivity contribution in [1.29, 1.82) is 0 Å². The number of likely N-dealkylation sites (tertiary alicyclic amines) is 1. The van der Waals surface area contributed by atoms with Gasteiger partial charge >= 0.3 is 0 Å². The number of nitrogens with one attached hydrogen (secondary N) is 1. The quantitative estimate of drug-likeness (QED) is 0.883. The zero-order valence-electron chi connectivity index (χ0n) is 11.7. The second-order valence-electron chi connectivity index (χ2n) is 5.21. The number of carbonyl (C=O) groups is 1. The second kappa shape index (κ2) is 5.66. The minimum Gasteiger partial charge on any atom is -0.367 e. The molecule has 1 atom stereocenters. The molecule has 0 bridgehead atoms. The number of thiophene rings is 1. The zero-order chi connectivity index (χ0) is 15.0. The van der Waals surface area contributed by atoms with Gasteiger partial charge in [0.1, 0.15) is 11.2 Å². The highest BCUT2D eigenvalue weighted by atomic mass is 35.5. The molecule has 110 valence electrons. The van der Waals surface area contributed by atoms with E-state index in [1.807, 2.05) is 24.1 Å². The number of aromatic nitrogens is 1. The predicted molar refractivity (Wildman–Crippen MR) is 86.4 cm³/mol. The molecule has 0 spiro atoms. The number of hydrogen-bond donors (Lipinski definition) is 1. The summed E-state index contributed by atoms with van der Waals surface area (Å²) in [5.41, 5.74) is 1.03. The molecule has 0 saturated carbocycles. The van der Waals surface area contributed by atoms with Gasteiger partial charge in [0.25, 0.3) is 0 Å². The zero-order valence-corrected chi connectivity index (χ0v) is 13.3. The van der Waals surface area contributed by atoms with Gasteiger partial charge in [-0.2, -0.15) is 0 Å². The van der Waals surface area contributed by atoms with Crippen LogP contribution < -0.4 is 5.32 Å². The first-order valence-electron chi connectivity index (χ1n) is 6.77. The number of hydrogen-bond acceptors (Lipinski definition) is 4. The number of halogens is 1. The Morgan fingerprint density at radius 2 is 2.43 bits per heavy atom. The van der Waals surface area contributed by atoms with Crippen molar-refractivity contribution in [2.75, 3.05) is 7.05 Å². The van der Waals surface area contributed by atoms with E-state index < -0.39 is 0 Å². The molecule has 1 N–H and O–H groups in total. The monoisotopic (exact) mass is 321 g/mol. The van der Waals surface area contributed by atoms with E-state index in [1.165, 1.54) is 0 Å². The van der Waals surface area contributed by atoms with Crippen LogP contribution in [0.25, 0.3) is 10.1 Å². The Morgan fingerprint density at radius 3 is 3.14 bits per heavy atom. The van der Waals surface area contributed by atoms with Gasteiger partial charge in [-0.05, 0) is 25.0 Å². The maximum absolute atomic E-state index is 12.2. The average Bonchev–Trinajstić information content (AvgIpc) is 3.00. The first-order chi connectivity index (χ1) is 10.0. The summed E-state index contributed by atoms with van der Waals surface area (Å²) in [5, 5.41) is 4.55. The van der Waals surface area contributed by atoms with Crippen molar-refractivity contribution in [3.8, 4) is 0 Å². The number of fused-ring (bicyclic) bond motifs is 1. The molecule has 0 aliphatic carbocycles. The maximum Gasteiger partial charge on any atom is 0.242 e. The van der Waals surface area contributed by atoms with E-state index in [4.69, 9.17) is 11.6 Å². The Balaban J connectivity index is 1.66. The van der Waals surface area contributed by atoms with Crippen molar-refractivity contribution < 1.29 is 4.79 Å². The molecular weight excluding hydrogens is 306 g/mol. The van der Waals surface area contributed by atoms with Crippen LogP contribution in [0.4, 0.5) is 0 Å². The molecule has 3 heterocycles. The van der Waals surface area contributed by atoms with Gasteiger partial charge in [0.2, 0.25) is 5.91 Å². The maximum atomic E-state index is 12.2. The van der Waals surface area contributed by atoms with Gasteiger partial charge < -0.3 is 10.2 Å². The fourth-order valence-corrected chi connectivity index (χ4v) is 3.78. The highest BCUT2D eigenvalue weighted by Crippen LogP contribution is 2.27. The number of allylic oxidation sites excluding steroid dienone is 1. The van der Waals surface area contributed by atoms with E-state index in [9.17, 15) is 4.79 Å². The lowest BCUT2D eigenvalue weighted by molar-refractivity contribution is -0.124. The van der Waals surface area contributed by atoms with E-state index in [-0.39, 0.29) is 11.9 Å². The molecule has 3 rings (SSSR count). The molecular formula is C15H16ClN3OS. The van der Waals surface area contributed by atoms with Crippen LogP contribution in [-0.2, 0) is 11.3 Å². The van der Waals surface area contributed by atoms with Crippen molar-refractivity contribution >= 4 is 38.9 Å². The van der Waals surface area contributed by atoms with Crippen LogP contribution in [0.2, 0.25) is 5.15 Å². The van der Waals surface area contributed by atoms with E-state index in [1.54, 1.807) is 17.5 Å². The first kappa shape index (κ1) is 14.4. The van der Waals surface area contributed by atoms with Crippen LogP contribution in [0, 0.1) is 0 Å². The van der Waals surface area contributed by atoms with E-state index in [2.05, 4.69) is 16.9 Å². The summed E-state index contributed by atoms with van der Waals surface area (Å²) in [5.74, 6) is 0.0600. The Morgan fingerprint density at radius 1 is 1.62 bits per heavy atom. The molecule has 21 heavy (non-hydrogen) atoms. The van der Waals surface area contributed by atoms with Crippen LogP contribution in [-0.4, -0.2) is 28.9 Å². The van der Waals surface area contributed by atoms with Gasteiger partial charge in [0, 0.05) is 33.9 Å². The summed E-state index contributed by atoms with van der Waals surface area (Å²) >= 11 is 7.51. The number of amides is 1. The highest BCUT2D eigenvalue weighted by Gasteiger charge is 2.29. The topological polar surface area (TPSA) is 45.2 Å². The molecule has 2 aromatic heterocycles. The third-order valence-electron chi connectivity index (χ3n) is 3.83. The van der Waals surface area contributed by atoms with Gasteiger partial charge in [0.05, 0.1) is 6.54 Å². The number of carbonyl (C=O) groups excluding carboxylic acids is 1. The molecule has 1 fully saturated rings. The highest BCUT2D eigenvalue weighted by molar-refractivity contribution is 7.19. The standard InChI is InChI=1S/C15H16ClN3OS/c1-9-3-4-12(19(9)2)15(20)18-8-11-5-10-7-17-14(16)6-13(10)21-11/h5-7,12H,1,3-4,8H2,2H3,(H,18,20). The predicted octanol–water partition coefficient (Wildman–Crippen LogP) is 3.17. The fourth-order valence-electron chi connectivity index (χ4n) is 2.54. The van der Waals surface area contributed by atoms with Gasteiger partial charge in [-0.1, -0.05) is 18.2 Å². The molecule has 4 nitrogen and oxygen atoms in total. The molecule has 1 aliphatic heterocycles. The van der Waals surface area contributed by atoms with Gasteiger partial charge in [-0.25, -0.2) is 4.98 Å². The Kier molecular flexibility index (Phi) is 3.87. The third kappa shape index (κ3) is 2.89. The van der Waals surface area contributed by atoms with Crippen molar-refractivity contribution in [2.24, 2.45) is 0 Å². The summed E-state index contributed by atoms with van der Waals surface area (Å²) < 4.78 is 1.09. The minimum atomic E-state index is -0.0945. The third-order valence-corrected chi connectivity index (χ3v) is 5.14. The van der Waals surface area contributed by atoms with Gasteiger partial charge in [-0.15, -0.1) is 11.3 Å². The summed E-state index contributed by atoms with van der Waals surface area (Å²) in [4.78, 5) is 19.3. The number of pyridine rings is 1. The van der Waals surface area contributed by atoms with E-state index in [0.29, 0.717) is 11.7 Å². The SMILES string of the molecule is C=C1CCC(C(=O)NCc2cc3cnc(Cl)cc3s2)N1C. The molecule has 1 saturated heterocycles. The Hall–Kier alpha value is -1.59. The molecule has 0 radical (unpaired) electrons. The molecule has 1 aliphatic rings. The smallest absolute Gasteiger partial charge is 0.242 e. The average molecular weight is 322 g/mol. The van der Waals surface area contributed by atoms with Crippen LogP contribution in [0.3, 0.4) is 0 Å². The van der Waals surface area contributed by atoms with Crippen molar-refractivity contribution in [1.82, 2.24) is 15.2 Å². The molecule has 1 unspecified atom stereocenters. The summed E-state index contributed by atoms with van der Waals surface area (Å²) in [6, 6.07) is 3.80. The Labute approximate surface area is 132 Å². The van der Waals surface area contributed by atoms with Crippen LogP contribution in [0.5, 0.6) is 0 Å². The first-order valence-corrected chi connectivity index (χ1v) is 7.96. The number of nitrogens with zero attached hydrogens (tertiary/aromatic N) is 2.